The maximum absolute atomic E-state index is 14.4. The summed E-state index contributed by atoms with van der Waals surface area (Å²) in [5.74, 6) is 0.449. The van der Waals surface area contributed by atoms with E-state index in [2.05, 4.69) is 25.9 Å². The Bertz CT molecular complexity index is 1360. The molecule has 10 nitrogen and oxygen atoms in total. The van der Waals surface area contributed by atoms with Crippen molar-refractivity contribution in [1.29, 1.82) is 0 Å². The highest BCUT2D eigenvalue weighted by atomic mass is 19.1. The largest absolute Gasteiger partial charge is 0.486 e. The number of halogens is 1. The van der Waals surface area contributed by atoms with Gasteiger partial charge < -0.3 is 34.9 Å². The minimum atomic E-state index is -0.621. The molecular weight excluding hydrogens is 445 g/mol. The first-order valence-electron chi connectivity index (χ1n) is 10.5. The molecule has 1 amide bonds. The molecular formula is C23H20FN5O5. The zero-order chi connectivity index (χ0) is 23.5. The van der Waals surface area contributed by atoms with Crippen molar-refractivity contribution in [1.82, 2.24) is 15.3 Å². The van der Waals surface area contributed by atoms with Crippen LogP contribution >= 0.6 is 0 Å². The fourth-order valence-electron chi connectivity index (χ4n) is 3.39. The number of nitrogens with one attached hydrogen (secondary N) is 3. The highest BCUT2D eigenvalue weighted by molar-refractivity contribution is 5.96. The number of carbonyl (C=O) groups is 1. The van der Waals surface area contributed by atoms with Crippen LogP contribution in [0.4, 0.5) is 27.5 Å². The highest BCUT2D eigenvalue weighted by Gasteiger charge is 2.15. The van der Waals surface area contributed by atoms with Crippen LogP contribution in [0.3, 0.4) is 0 Å². The Kier molecular flexibility index (Phi) is 5.83. The summed E-state index contributed by atoms with van der Waals surface area (Å²) in [7, 11) is 0. The van der Waals surface area contributed by atoms with Crippen LogP contribution in [-0.4, -0.2) is 47.3 Å². The van der Waals surface area contributed by atoms with Crippen LogP contribution in [-0.2, 0) is 0 Å². The van der Waals surface area contributed by atoms with Crippen molar-refractivity contribution >= 4 is 40.0 Å². The summed E-state index contributed by atoms with van der Waals surface area (Å²) in [6, 6.07) is 12.0. The number of benzene rings is 2. The molecule has 1 aliphatic heterocycles. The average molecular weight is 465 g/mol. The zero-order valence-electron chi connectivity index (χ0n) is 17.8. The SMILES string of the molecule is O=C(NCCO)c1cc2cc(Nc3ncc(F)c(Nc4ccc5c(c4)OCCO5)n3)ccc2o1. The summed E-state index contributed by atoms with van der Waals surface area (Å²) < 4.78 is 31.0. The minimum absolute atomic E-state index is 0.0126. The average Bonchev–Trinajstić information content (AvgIpc) is 3.28. The molecule has 1 aliphatic rings. The third-order valence-corrected chi connectivity index (χ3v) is 4.94. The number of nitrogens with zero attached hydrogens (tertiary/aromatic N) is 2. The van der Waals surface area contributed by atoms with Crippen molar-refractivity contribution in [2.75, 3.05) is 37.0 Å². The minimum Gasteiger partial charge on any atom is -0.486 e. The van der Waals surface area contributed by atoms with Crippen molar-refractivity contribution in [2.45, 2.75) is 0 Å². The Morgan fingerprint density at radius 2 is 1.82 bits per heavy atom. The number of hydrogen-bond donors (Lipinski definition) is 4. The summed E-state index contributed by atoms with van der Waals surface area (Å²) in [6.07, 6.45) is 1.07. The molecule has 0 atom stereocenters. The van der Waals surface area contributed by atoms with Crippen molar-refractivity contribution in [3.63, 3.8) is 0 Å². The van der Waals surface area contributed by atoms with Gasteiger partial charge in [0, 0.05) is 29.4 Å². The molecule has 0 aliphatic carbocycles. The van der Waals surface area contributed by atoms with Gasteiger partial charge in [-0.05, 0) is 36.4 Å². The normalized spacial score (nSPS) is 12.4. The molecule has 11 heteroatoms. The number of rotatable bonds is 7. The summed E-state index contributed by atoms with van der Waals surface area (Å²) in [6.45, 7) is 0.900. The van der Waals surface area contributed by atoms with Crippen LogP contribution in [0.1, 0.15) is 10.6 Å². The van der Waals surface area contributed by atoms with E-state index in [1.165, 1.54) is 0 Å². The number of aliphatic hydroxyl groups is 1. The van der Waals surface area contributed by atoms with Crippen LogP contribution in [0.2, 0.25) is 0 Å². The quantitative estimate of drug-likeness (QED) is 0.325. The van der Waals surface area contributed by atoms with Gasteiger partial charge in [-0.15, -0.1) is 0 Å². The van der Waals surface area contributed by atoms with Crippen molar-refractivity contribution in [2.24, 2.45) is 0 Å². The monoisotopic (exact) mass is 465 g/mol. The maximum Gasteiger partial charge on any atom is 0.287 e. The van der Waals surface area contributed by atoms with E-state index >= 15 is 0 Å². The first-order chi connectivity index (χ1) is 16.6. The second kappa shape index (κ2) is 9.24. The van der Waals surface area contributed by atoms with E-state index in [4.69, 9.17) is 19.0 Å². The van der Waals surface area contributed by atoms with E-state index in [0.29, 0.717) is 47.1 Å². The van der Waals surface area contributed by atoms with Gasteiger partial charge in [-0.2, -0.15) is 4.98 Å². The summed E-state index contributed by atoms with van der Waals surface area (Å²) in [5.41, 5.74) is 1.72. The van der Waals surface area contributed by atoms with Gasteiger partial charge in [-0.25, -0.2) is 9.37 Å². The number of furan rings is 1. The predicted molar refractivity (Wildman–Crippen MR) is 122 cm³/mol. The molecule has 5 rings (SSSR count). The maximum atomic E-state index is 14.4. The lowest BCUT2D eigenvalue weighted by Gasteiger charge is -2.19. The molecule has 4 N–H and O–H groups in total. The molecule has 34 heavy (non-hydrogen) atoms. The molecule has 0 unspecified atom stereocenters. The number of amides is 1. The van der Waals surface area contributed by atoms with Gasteiger partial charge in [-0.3, -0.25) is 4.79 Å². The van der Waals surface area contributed by atoms with Gasteiger partial charge in [0.25, 0.3) is 5.91 Å². The Morgan fingerprint density at radius 3 is 2.68 bits per heavy atom. The Hall–Kier alpha value is -4.38. The van der Waals surface area contributed by atoms with Gasteiger partial charge >= 0.3 is 0 Å². The van der Waals surface area contributed by atoms with E-state index in [9.17, 15) is 9.18 Å². The molecule has 0 radical (unpaired) electrons. The molecule has 2 aromatic carbocycles. The lowest BCUT2D eigenvalue weighted by atomic mass is 10.2. The molecule has 0 saturated heterocycles. The molecule has 0 saturated carbocycles. The first-order valence-corrected chi connectivity index (χ1v) is 10.5. The fourth-order valence-corrected chi connectivity index (χ4v) is 3.39. The van der Waals surface area contributed by atoms with E-state index < -0.39 is 11.7 Å². The van der Waals surface area contributed by atoms with E-state index in [1.807, 2.05) is 0 Å². The Balaban J connectivity index is 1.33. The van der Waals surface area contributed by atoms with Crippen molar-refractivity contribution in [3.8, 4) is 11.5 Å². The highest BCUT2D eigenvalue weighted by Crippen LogP contribution is 2.34. The smallest absolute Gasteiger partial charge is 0.287 e. The standard InChI is InChI=1S/C23H20FN5O5/c24-16-12-26-23(29-21(16)27-15-2-4-18-19(11-15)33-8-7-32-18)28-14-1-3-17-13(9-14)10-20(34-17)22(31)25-5-6-30/h1-4,9-12,30H,5-8H2,(H,25,31)(H2,26,27,28,29). The molecule has 0 spiro atoms. The second-order valence-electron chi connectivity index (χ2n) is 7.34. The predicted octanol–water partition coefficient (Wildman–Crippen LogP) is 3.34. The Labute approximate surface area is 192 Å². The van der Waals surface area contributed by atoms with Gasteiger partial charge in [0.15, 0.2) is 28.9 Å². The molecule has 4 aromatic rings. The molecule has 174 valence electrons. The number of hydrogen-bond acceptors (Lipinski definition) is 9. The summed E-state index contributed by atoms with van der Waals surface area (Å²) >= 11 is 0. The topological polar surface area (TPSA) is 131 Å². The van der Waals surface area contributed by atoms with E-state index in [-0.39, 0.29) is 30.7 Å². The van der Waals surface area contributed by atoms with Crippen LogP contribution in [0.15, 0.2) is 53.1 Å². The number of carbonyl (C=O) groups excluding carboxylic acids is 1. The molecule has 2 aromatic heterocycles. The third-order valence-electron chi connectivity index (χ3n) is 4.94. The van der Waals surface area contributed by atoms with Crippen LogP contribution in [0.25, 0.3) is 11.0 Å². The number of aliphatic hydroxyl groups excluding tert-OH is 1. The molecule has 3 heterocycles. The van der Waals surface area contributed by atoms with Crippen molar-refractivity contribution in [3.05, 3.63) is 60.2 Å². The van der Waals surface area contributed by atoms with Gasteiger partial charge in [0.2, 0.25) is 5.95 Å². The zero-order valence-corrected chi connectivity index (χ0v) is 17.8. The number of anilines is 4. The molecule has 0 fully saturated rings. The van der Waals surface area contributed by atoms with Gasteiger partial charge in [-0.1, -0.05) is 0 Å². The van der Waals surface area contributed by atoms with Crippen molar-refractivity contribution < 1.29 is 28.2 Å². The number of aromatic nitrogens is 2. The van der Waals surface area contributed by atoms with Gasteiger partial charge in [0.05, 0.1) is 12.8 Å². The Morgan fingerprint density at radius 1 is 1.03 bits per heavy atom. The van der Waals surface area contributed by atoms with E-state index in [1.54, 1.807) is 42.5 Å². The lowest BCUT2D eigenvalue weighted by Crippen LogP contribution is -2.25. The third kappa shape index (κ3) is 4.55. The van der Waals surface area contributed by atoms with Crippen LogP contribution in [0, 0.1) is 5.82 Å². The fraction of sp³-hybridized carbons (Fsp3) is 0.174. The lowest BCUT2D eigenvalue weighted by molar-refractivity contribution is 0.0919. The van der Waals surface area contributed by atoms with E-state index in [0.717, 1.165) is 6.20 Å². The second-order valence-corrected chi connectivity index (χ2v) is 7.34. The van der Waals surface area contributed by atoms with Crippen LogP contribution < -0.4 is 25.4 Å². The summed E-state index contributed by atoms with van der Waals surface area (Å²) in [4.78, 5) is 20.3. The number of ether oxygens (including phenoxy) is 2. The van der Waals surface area contributed by atoms with Crippen LogP contribution in [0.5, 0.6) is 11.5 Å². The van der Waals surface area contributed by atoms with Gasteiger partial charge in [0.1, 0.15) is 18.8 Å². The summed E-state index contributed by atoms with van der Waals surface area (Å²) in [5, 5.41) is 18.0. The number of fused-ring (bicyclic) bond motifs is 2. The molecule has 0 bridgehead atoms. The first kappa shape index (κ1) is 21.5.